The molecule has 6 rings (SSSR count). The standard InChI is InChI=1S/C25H20BrN5O2/c26-18-8-3-7-17(13-18)24-27-23(33-29-24)15-30-11-12-31-22(25(30)32)14-21(28-31)20-10-4-6-16-5-1-2-9-19(16)20/h1-13,21-22,28H,14-15H2. The minimum atomic E-state index is -0.286. The quantitative estimate of drug-likeness (QED) is 0.433. The second-order valence-corrected chi connectivity index (χ2v) is 9.11. The first-order valence-corrected chi connectivity index (χ1v) is 11.5. The summed E-state index contributed by atoms with van der Waals surface area (Å²) in [6, 6.07) is 22.1. The molecule has 2 aliphatic heterocycles. The second-order valence-electron chi connectivity index (χ2n) is 8.20. The van der Waals surface area contributed by atoms with Gasteiger partial charge in [0.05, 0.1) is 6.04 Å². The zero-order chi connectivity index (χ0) is 22.4. The number of halogens is 1. The third kappa shape index (κ3) is 3.71. The number of nitrogens with one attached hydrogen (secondary N) is 1. The SMILES string of the molecule is O=C1C2CC(c3cccc4ccccc34)NN2C=CN1Cc1nc(-c2cccc(Br)c2)no1. The fourth-order valence-corrected chi connectivity index (χ4v) is 4.93. The van der Waals surface area contributed by atoms with E-state index in [4.69, 9.17) is 4.52 Å². The van der Waals surface area contributed by atoms with E-state index in [-0.39, 0.29) is 24.5 Å². The molecule has 1 N–H and O–H groups in total. The molecule has 8 heteroatoms. The van der Waals surface area contributed by atoms with Crippen LogP contribution < -0.4 is 5.43 Å². The Kier molecular flexibility index (Phi) is 4.96. The average Bonchev–Trinajstić information content (AvgIpc) is 3.48. The fourth-order valence-electron chi connectivity index (χ4n) is 4.53. The third-order valence-corrected chi connectivity index (χ3v) is 6.62. The zero-order valence-corrected chi connectivity index (χ0v) is 19.1. The van der Waals surface area contributed by atoms with Gasteiger partial charge in [0.15, 0.2) is 0 Å². The molecule has 164 valence electrons. The molecule has 0 saturated carbocycles. The first-order valence-electron chi connectivity index (χ1n) is 10.8. The summed E-state index contributed by atoms with van der Waals surface area (Å²) in [5.74, 6) is 0.905. The maximum Gasteiger partial charge on any atom is 0.251 e. The van der Waals surface area contributed by atoms with Crippen molar-refractivity contribution in [1.82, 2.24) is 25.5 Å². The Morgan fingerprint density at radius 3 is 2.82 bits per heavy atom. The summed E-state index contributed by atoms with van der Waals surface area (Å²) in [6.07, 6.45) is 4.35. The molecule has 0 aliphatic carbocycles. The van der Waals surface area contributed by atoms with E-state index in [1.807, 2.05) is 47.6 Å². The molecule has 0 spiro atoms. The average molecular weight is 502 g/mol. The molecule has 3 aromatic carbocycles. The Morgan fingerprint density at radius 2 is 1.91 bits per heavy atom. The predicted molar refractivity (Wildman–Crippen MR) is 127 cm³/mol. The van der Waals surface area contributed by atoms with Gasteiger partial charge in [-0.1, -0.05) is 75.7 Å². The van der Waals surface area contributed by atoms with Gasteiger partial charge in [0, 0.05) is 22.4 Å². The molecular weight excluding hydrogens is 482 g/mol. The van der Waals surface area contributed by atoms with Crippen molar-refractivity contribution in [3.8, 4) is 11.4 Å². The van der Waals surface area contributed by atoms with Crippen LogP contribution in [-0.4, -0.2) is 32.0 Å². The van der Waals surface area contributed by atoms with Crippen LogP contribution in [0.25, 0.3) is 22.2 Å². The Labute approximate surface area is 198 Å². The van der Waals surface area contributed by atoms with Gasteiger partial charge in [-0.15, -0.1) is 0 Å². The summed E-state index contributed by atoms with van der Waals surface area (Å²) in [6.45, 7) is 0.236. The van der Waals surface area contributed by atoms with Crippen molar-refractivity contribution in [1.29, 1.82) is 0 Å². The fraction of sp³-hybridized carbons (Fsp3) is 0.160. The van der Waals surface area contributed by atoms with E-state index in [2.05, 4.69) is 61.8 Å². The molecule has 2 atom stereocenters. The topological polar surface area (TPSA) is 74.5 Å². The summed E-state index contributed by atoms with van der Waals surface area (Å²) in [4.78, 5) is 19.4. The number of hydrogen-bond donors (Lipinski definition) is 1. The van der Waals surface area contributed by atoms with Crippen LogP contribution in [0.4, 0.5) is 0 Å². The van der Waals surface area contributed by atoms with E-state index >= 15 is 0 Å². The van der Waals surface area contributed by atoms with E-state index in [0.29, 0.717) is 18.1 Å². The molecular formula is C25H20BrN5O2. The first kappa shape index (κ1) is 20.1. The van der Waals surface area contributed by atoms with Crippen molar-refractivity contribution in [2.45, 2.75) is 25.0 Å². The zero-order valence-electron chi connectivity index (χ0n) is 17.6. The maximum atomic E-state index is 13.3. The van der Waals surface area contributed by atoms with E-state index < -0.39 is 0 Å². The van der Waals surface area contributed by atoms with Crippen molar-refractivity contribution in [3.63, 3.8) is 0 Å². The Bertz CT molecular complexity index is 1380. The minimum absolute atomic E-state index is 0.00921. The molecule has 0 radical (unpaired) electrons. The normalized spacial score (nSPS) is 20.0. The minimum Gasteiger partial charge on any atom is -0.337 e. The van der Waals surface area contributed by atoms with Crippen molar-refractivity contribution in [2.24, 2.45) is 0 Å². The lowest BCUT2D eigenvalue weighted by Gasteiger charge is -2.30. The van der Waals surface area contributed by atoms with Crippen LogP contribution in [0, 0.1) is 0 Å². The number of amides is 1. The van der Waals surface area contributed by atoms with Gasteiger partial charge < -0.3 is 14.4 Å². The lowest BCUT2D eigenvalue weighted by Crippen LogP contribution is -2.47. The number of nitrogens with zero attached hydrogens (tertiary/aromatic N) is 4. The molecule has 1 aromatic heterocycles. The van der Waals surface area contributed by atoms with Crippen molar-refractivity contribution < 1.29 is 9.32 Å². The van der Waals surface area contributed by atoms with Gasteiger partial charge in [-0.05, 0) is 34.9 Å². The number of benzene rings is 3. The van der Waals surface area contributed by atoms with Gasteiger partial charge >= 0.3 is 0 Å². The summed E-state index contributed by atoms with van der Waals surface area (Å²) < 4.78 is 6.37. The number of hydrazine groups is 1. The second kappa shape index (κ2) is 8.13. The van der Waals surface area contributed by atoms with Crippen LogP contribution >= 0.6 is 15.9 Å². The van der Waals surface area contributed by atoms with Crippen molar-refractivity contribution in [2.75, 3.05) is 0 Å². The molecule has 2 aliphatic rings. The maximum absolute atomic E-state index is 13.3. The molecule has 2 unspecified atom stereocenters. The molecule has 1 fully saturated rings. The van der Waals surface area contributed by atoms with E-state index in [1.54, 1.807) is 11.1 Å². The number of carbonyl (C=O) groups excluding carboxylic acids is 1. The molecule has 1 amide bonds. The Balaban J connectivity index is 1.19. The number of aromatic nitrogens is 2. The number of hydrogen-bond acceptors (Lipinski definition) is 6. The predicted octanol–water partition coefficient (Wildman–Crippen LogP) is 4.79. The monoisotopic (exact) mass is 501 g/mol. The van der Waals surface area contributed by atoms with Crippen molar-refractivity contribution >= 4 is 32.6 Å². The van der Waals surface area contributed by atoms with Crippen LogP contribution in [0.2, 0.25) is 0 Å². The summed E-state index contributed by atoms with van der Waals surface area (Å²) in [7, 11) is 0. The Hall–Kier alpha value is -3.49. The molecule has 1 saturated heterocycles. The highest BCUT2D eigenvalue weighted by Crippen LogP contribution is 2.34. The van der Waals surface area contributed by atoms with E-state index in [9.17, 15) is 4.79 Å². The highest BCUT2D eigenvalue weighted by molar-refractivity contribution is 9.10. The summed E-state index contributed by atoms with van der Waals surface area (Å²) in [5.41, 5.74) is 5.54. The van der Waals surface area contributed by atoms with Gasteiger partial charge in [-0.25, -0.2) is 5.43 Å². The highest BCUT2D eigenvalue weighted by Gasteiger charge is 2.40. The molecule has 33 heavy (non-hydrogen) atoms. The number of rotatable bonds is 4. The van der Waals surface area contributed by atoms with Crippen LogP contribution in [-0.2, 0) is 11.3 Å². The van der Waals surface area contributed by atoms with Gasteiger partial charge in [0.2, 0.25) is 11.7 Å². The van der Waals surface area contributed by atoms with Gasteiger partial charge in [0.1, 0.15) is 12.6 Å². The smallest absolute Gasteiger partial charge is 0.251 e. The number of carbonyl (C=O) groups is 1. The highest BCUT2D eigenvalue weighted by atomic mass is 79.9. The molecule has 3 heterocycles. The molecule has 0 bridgehead atoms. The van der Waals surface area contributed by atoms with Crippen LogP contribution in [0.3, 0.4) is 0 Å². The van der Waals surface area contributed by atoms with Gasteiger partial charge in [-0.2, -0.15) is 4.98 Å². The number of fused-ring (bicyclic) bond motifs is 2. The van der Waals surface area contributed by atoms with Gasteiger partial charge in [0.25, 0.3) is 5.91 Å². The largest absolute Gasteiger partial charge is 0.337 e. The molecule has 7 nitrogen and oxygen atoms in total. The lowest BCUT2D eigenvalue weighted by atomic mass is 9.95. The summed E-state index contributed by atoms with van der Waals surface area (Å²) >= 11 is 3.46. The third-order valence-electron chi connectivity index (χ3n) is 6.13. The van der Waals surface area contributed by atoms with E-state index in [1.165, 1.54) is 16.3 Å². The van der Waals surface area contributed by atoms with Crippen LogP contribution in [0.5, 0.6) is 0 Å². The van der Waals surface area contributed by atoms with Crippen molar-refractivity contribution in [3.05, 3.63) is 95.1 Å². The van der Waals surface area contributed by atoms with Gasteiger partial charge in [-0.3, -0.25) is 4.79 Å². The Morgan fingerprint density at radius 1 is 1.06 bits per heavy atom. The lowest BCUT2D eigenvalue weighted by molar-refractivity contribution is -0.135. The summed E-state index contributed by atoms with van der Waals surface area (Å²) in [5, 5.41) is 8.38. The van der Waals surface area contributed by atoms with Crippen LogP contribution in [0.15, 0.2) is 88.1 Å². The van der Waals surface area contributed by atoms with Crippen LogP contribution in [0.1, 0.15) is 23.9 Å². The molecule has 4 aromatic rings. The van der Waals surface area contributed by atoms with E-state index in [0.717, 1.165) is 10.0 Å². The first-order chi connectivity index (χ1) is 16.2.